The SMILES string of the molecule is Cc1ncc(S(=O)(=O)N2CCC3CCC(C2)N3C)[nH]1. The van der Waals surface area contributed by atoms with E-state index in [0.29, 0.717) is 31.0 Å². The molecule has 3 heterocycles. The molecule has 1 N–H and O–H groups in total. The van der Waals surface area contributed by atoms with Gasteiger partial charge in [-0.2, -0.15) is 4.31 Å². The second-order valence-corrected chi connectivity index (χ2v) is 7.44. The van der Waals surface area contributed by atoms with Crippen LogP contribution in [0.2, 0.25) is 0 Å². The van der Waals surface area contributed by atoms with Crippen LogP contribution in [0.3, 0.4) is 0 Å². The van der Waals surface area contributed by atoms with Crippen LogP contribution in [-0.2, 0) is 10.0 Å². The number of hydrogen-bond acceptors (Lipinski definition) is 4. The van der Waals surface area contributed by atoms with Crippen LogP contribution in [0, 0.1) is 6.92 Å². The lowest BCUT2D eigenvalue weighted by atomic mass is 10.1. The van der Waals surface area contributed by atoms with Crippen molar-refractivity contribution in [1.29, 1.82) is 0 Å². The molecule has 0 amide bonds. The van der Waals surface area contributed by atoms with Crippen molar-refractivity contribution < 1.29 is 8.42 Å². The third-order valence-corrected chi connectivity index (χ3v) is 6.18. The molecule has 2 saturated heterocycles. The van der Waals surface area contributed by atoms with E-state index in [1.54, 1.807) is 11.2 Å². The number of aryl methyl sites for hydroxylation is 1. The quantitative estimate of drug-likeness (QED) is 0.862. The Morgan fingerprint density at radius 3 is 2.74 bits per heavy atom. The molecule has 2 unspecified atom stereocenters. The van der Waals surface area contributed by atoms with E-state index in [1.165, 1.54) is 12.6 Å². The molecule has 6 nitrogen and oxygen atoms in total. The predicted molar refractivity (Wildman–Crippen MR) is 71.3 cm³/mol. The van der Waals surface area contributed by atoms with Crippen molar-refractivity contribution in [2.24, 2.45) is 0 Å². The van der Waals surface area contributed by atoms with Gasteiger partial charge in [0, 0.05) is 25.2 Å². The zero-order valence-electron chi connectivity index (χ0n) is 11.3. The Hall–Kier alpha value is -0.920. The van der Waals surface area contributed by atoms with Gasteiger partial charge in [0.05, 0.1) is 6.20 Å². The Balaban J connectivity index is 1.86. The fourth-order valence-electron chi connectivity index (χ4n) is 3.16. The van der Waals surface area contributed by atoms with E-state index in [9.17, 15) is 8.42 Å². The summed E-state index contributed by atoms with van der Waals surface area (Å²) < 4.78 is 26.8. The highest BCUT2D eigenvalue weighted by Crippen LogP contribution is 2.30. The highest BCUT2D eigenvalue weighted by atomic mass is 32.2. The van der Waals surface area contributed by atoms with Crippen LogP contribution in [0.5, 0.6) is 0 Å². The predicted octanol–water partition coefficient (Wildman–Crippen LogP) is 0.575. The molecule has 3 rings (SSSR count). The van der Waals surface area contributed by atoms with Gasteiger partial charge in [0.1, 0.15) is 5.82 Å². The molecule has 106 valence electrons. The number of fused-ring (bicyclic) bond motifs is 2. The van der Waals surface area contributed by atoms with E-state index in [-0.39, 0.29) is 5.03 Å². The second-order valence-electron chi connectivity index (χ2n) is 5.54. The molecule has 2 aliphatic rings. The number of hydrogen-bond donors (Lipinski definition) is 1. The summed E-state index contributed by atoms with van der Waals surface area (Å²) in [5.74, 6) is 0.632. The Morgan fingerprint density at radius 1 is 1.32 bits per heavy atom. The van der Waals surface area contributed by atoms with Gasteiger partial charge < -0.3 is 4.98 Å². The number of sulfonamides is 1. The molecule has 0 spiro atoms. The van der Waals surface area contributed by atoms with Crippen molar-refractivity contribution in [3.05, 3.63) is 12.0 Å². The minimum atomic E-state index is -3.42. The number of likely N-dealkylation sites (N-methyl/N-ethyl adjacent to an activating group) is 1. The third kappa shape index (κ3) is 2.19. The van der Waals surface area contributed by atoms with E-state index in [0.717, 1.165) is 12.8 Å². The van der Waals surface area contributed by atoms with E-state index in [1.807, 2.05) is 0 Å². The molecule has 2 fully saturated rings. The number of aromatic amines is 1. The van der Waals surface area contributed by atoms with Crippen molar-refractivity contribution >= 4 is 10.0 Å². The number of rotatable bonds is 2. The number of aromatic nitrogens is 2. The minimum Gasteiger partial charge on any atom is -0.332 e. The van der Waals surface area contributed by atoms with Crippen LogP contribution >= 0.6 is 0 Å². The summed E-state index contributed by atoms with van der Waals surface area (Å²) in [5, 5.41) is 0.213. The maximum atomic E-state index is 12.6. The molecule has 2 aliphatic heterocycles. The highest BCUT2D eigenvalue weighted by Gasteiger charge is 2.39. The Kier molecular flexibility index (Phi) is 3.15. The van der Waals surface area contributed by atoms with Gasteiger partial charge >= 0.3 is 0 Å². The summed E-state index contributed by atoms with van der Waals surface area (Å²) in [6.45, 7) is 2.95. The molecule has 0 radical (unpaired) electrons. The van der Waals surface area contributed by atoms with Crippen LogP contribution in [0.25, 0.3) is 0 Å². The molecule has 0 aliphatic carbocycles. The van der Waals surface area contributed by atoms with Gasteiger partial charge in [-0.1, -0.05) is 0 Å². The molecule has 2 bridgehead atoms. The van der Waals surface area contributed by atoms with E-state index in [2.05, 4.69) is 21.9 Å². The topological polar surface area (TPSA) is 69.3 Å². The van der Waals surface area contributed by atoms with Crippen LogP contribution < -0.4 is 0 Å². The smallest absolute Gasteiger partial charge is 0.260 e. The van der Waals surface area contributed by atoms with Gasteiger partial charge in [0.25, 0.3) is 10.0 Å². The standard InChI is InChI=1S/C12H20N4O2S/c1-9-13-7-12(14-9)19(17,18)16-6-5-10-3-4-11(8-16)15(10)2/h7,10-11H,3-6,8H2,1-2H3,(H,13,14). The lowest BCUT2D eigenvalue weighted by Crippen LogP contribution is -2.39. The first-order chi connectivity index (χ1) is 8.98. The van der Waals surface area contributed by atoms with E-state index >= 15 is 0 Å². The number of H-pyrrole nitrogens is 1. The van der Waals surface area contributed by atoms with Crippen LogP contribution in [0.4, 0.5) is 0 Å². The first-order valence-corrected chi connectivity index (χ1v) is 8.16. The lowest BCUT2D eigenvalue weighted by molar-refractivity contribution is 0.246. The van der Waals surface area contributed by atoms with Gasteiger partial charge in [-0.25, -0.2) is 13.4 Å². The summed E-state index contributed by atoms with van der Waals surface area (Å²) in [6, 6.07) is 0.889. The number of imidazole rings is 1. The normalized spacial score (nSPS) is 29.6. The van der Waals surface area contributed by atoms with Crippen molar-refractivity contribution in [2.75, 3.05) is 20.1 Å². The van der Waals surface area contributed by atoms with Crippen molar-refractivity contribution in [3.8, 4) is 0 Å². The molecule has 2 atom stereocenters. The maximum Gasteiger partial charge on any atom is 0.260 e. The van der Waals surface area contributed by atoms with Crippen molar-refractivity contribution in [3.63, 3.8) is 0 Å². The second kappa shape index (κ2) is 4.57. The first kappa shape index (κ1) is 13.1. The Morgan fingerprint density at radius 2 is 2.05 bits per heavy atom. The molecule has 0 saturated carbocycles. The van der Waals surface area contributed by atoms with Gasteiger partial charge in [0.2, 0.25) is 0 Å². The average molecular weight is 284 g/mol. The molecule has 19 heavy (non-hydrogen) atoms. The summed E-state index contributed by atoms with van der Waals surface area (Å²) in [4.78, 5) is 9.17. The largest absolute Gasteiger partial charge is 0.332 e. The van der Waals surface area contributed by atoms with Crippen LogP contribution in [0.1, 0.15) is 25.1 Å². The van der Waals surface area contributed by atoms with E-state index in [4.69, 9.17) is 0 Å². The molecular weight excluding hydrogens is 264 g/mol. The van der Waals surface area contributed by atoms with Crippen molar-refractivity contribution in [1.82, 2.24) is 19.2 Å². The van der Waals surface area contributed by atoms with E-state index < -0.39 is 10.0 Å². The summed E-state index contributed by atoms with van der Waals surface area (Å²) in [5.41, 5.74) is 0. The molecule has 7 heteroatoms. The monoisotopic (exact) mass is 284 g/mol. The molecular formula is C12H20N4O2S. The third-order valence-electron chi connectivity index (χ3n) is 4.41. The van der Waals surface area contributed by atoms with Crippen molar-refractivity contribution in [2.45, 2.75) is 43.3 Å². The molecule has 0 aromatic carbocycles. The zero-order valence-corrected chi connectivity index (χ0v) is 12.2. The first-order valence-electron chi connectivity index (χ1n) is 6.72. The van der Waals surface area contributed by atoms with Gasteiger partial charge in [0.15, 0.2) is 5.03 Å². The number of nitrogens with one attached hydrogen (secondary N) is 1. The van der Waals surface area contributed by atoms with Crippen LogP contribution in [0.15, 0.2) is 11.2 Å². The Bertz CT molecular complexity index is 568. The lowest BCUT2D eigenvalue weighted by Gasteiger charge is -2.24. The highest BCUT2D eigenvalue weighted by molar-refractivity contribution is 7.89. The summed E-state index contributed by atoms with van der Waals surface area (Å²) >= 11 is 0. The summed E-state index contributed by atoms with van der Waals surface area (Å²) in [6.07, 6.45) is 4.62. The Labute approximate surface area is 113 Å². The maximum absolute atomic E-state index is 12.6. The van der Waals surface area contributed by atoms with Gasteiger partial charge in [-0.15, -0.1) is 0 Å². The minimum absolute atomic E-state index is 0.213. The van der Waals surface area contributed by atoms with Crippen LogP contribution in [-0.4, -0.2) is 59.8 Å². The fourth-order valence-corrected chi connectivity index (χ4v) is 4.62. The number of nitrogens with zero attached hydrogens (tertiary/aromatic N) is 3. The average Bonchev–Trinajstić information content (AvgIpc) is 2.84. The van der Waals surface area contributed by atoms with Gasteiger partial charge in [-0.3, -0.25) is 4.90 Å². The van der Waals surface area contributed by atoms with Gasteiger partial charge in [-0.05, 0) is 33.2 Å². The molecule has 1 aromatic rings. The summed E-state index contributed by atoms with van der Waals surface area (Å²) in [7, 11) is -1.31. The molecule has 1 aromatic heterocycles. The zero-order chi connectivity index (χ0) is 13.6. The fraction of sp³-hybridized carbons (Fsp3) is 0.750.